The molecular weight excluding hydrogens is 202 g/mol. The fourth-order valence-corrected chi connectivity index (χ4v) is 2.20. The molecular formula is C12H15N3O. The normalized spacial score (nSPS) is 15.8. The van der Waals surface area contributed by atoms with Crippen molar-refractivity contribution < 1.29 is 0 Å². The molecule has 0 aromatic carbocycles. The number of hydrogen-bond donors (Lipinski definition) is 1. The lowest BCUT2D eigenvalue weighted by Crippen LogP contribution is -2.20. The monoisotopic (exact) mass is 217 g/mol. The highest BCUT2D eigenvalue weighted by atomic mass is 16.1. The van der Waals surface area contributed by atoms with Gasteiger partial charge in [-0.25, -0.2) is 0 Å². The number of aryl methyl sites for hydroxylation is 1. The quantitative estimate of drug-likeness (QED) is 0.825. The first kappa shape index (κ1) is 9.51. The first-order valence-electron chi connectivity index (χ1n) is 5.61. The second kappa shape index (κ2) is 3.14. The number of aromatic nitrogens is 2. The standard InChI is InChI=1S/C12H15N3O/c1-14-7-9(13)11-10(14)4-5-15(12(11)16)6-8-2-3-8/h4-5,7-8H,2-3,6,13H2,1H3. The average Bonchev–Trinajstić information content (AvgIpc) is 2.99. The Labute approximate surface area is 93.3 Å². The van der Waals surface area contributed by atoms with Crippen LogP contribution in [0.4, 0.5) is 5.69 Å². The minimum absolute atomic E-state index is 0.0440. The van der Waals surface area contributed by atoms with Crippen LogP contribution in [-0.2, 0) is 13.6 Å². The molecule has 0 amide bonds. The molecule has 0 saturated heterocycles. The van der Waals surface area contributed by atoms with Gasteiger partial charge in [0.2, 0.25) is 0 Å². The van der Waals surface area contributed by atoms with Crippen molar-refractivity contribution in [2.24, 2.45) is 13.0 Å². The minimum Gasteiger partial charge on any atom is -0.397 e. The molecule has 3 rings (SSSR count). The van der Waals surface area contributed by atoms with Crippen molar-refractivity contribution >= 4 is 16.6 Å². The van der Waals surface area contributed by atoms with Gasteiger partial charge in [-0.15, -0.1) is 0 Å². The molecule has 2 N–H and O–H groups in total. The number of nitrogen functional groups attached to an aromatic ring is 1. The Morgan fingerprint density at radius 1 is 1.50 bits per heavy atom. The van der Waals surface area contributed by atoms with Gasteiger partial charge in [0.25, 0.3) is 5.56 Å². The van der Waals surface area contributed by atoms with E-state index in [1.807, 2.05) is 23.9 Å². The molecule has 0 aliphatic heterocycles. The van der Waals surface area contributed by atoms with E-state index in [0.29, 0.717) is 17.0 Å². The number of hydrogen-bond acceptors (Lipinski definition) is 2. The van der Waals surface area contributed by atoms with Crippen LogP contribution in [0.15, 0.2) is 23.3 Å². The lowest BCUT2D eigenvalue weighted by Gasteiger charge is -2.04. The van der Waals surface area contributed by atoms with E-state index in [9.17, 15) is 4.79 Å². The lowest BCUT2D eigenvalue weighted by atomic mass is 10.3. The summed E-state index contributed by atoms with van der Waals surface area (Å²) in [5, 5.41) is 0.658. The Balaban J connectivity index is 2.21. The Kier molecular flexibility index (Phi) is 1.87. The van der Waals surface area contributed by atoms with Crippen molar-refractivity contribution in [1.82, 2.24) is 9.13 Å². The van der Waals surface area contributed by atoms with Gasteiger partial charge in [0.15, 0.2) is 0 Å². The van der Waals surface area contributed by atoms with Crippen LogP contribution < -0.4 is 11.3 Å². The van der Waals surface area contributed by atoms with Crippen LogP contribution in [0.1, 0.15) is 12.8 Å². The summed E-state index contributed by atoms with van der Waals surface area (Å²) in [5.74, 6) is 0.695. The molecule has 4 nitrogen and oxygen atoms in total. The van der Waals surface area contributed by atoms with E-state index >= 15 is 0 Å². The number of nitrogens with two attached hydrogens (primary N) is 1. The predicted molar refractivity (Wildman–Crippen MR) is 64.3 cm³/mol. The Bertz CT molecular complexity index is 604. The van der Waals surface area contributed by atoms with E-state index in [2.05, 4.69) is 0 Å². The topological polar surface area (TPSA) is 52.9 Å². The van der Waals surface area contributed by atoms with E-state index in [4.69, 9.17) is 5.73 Å². The van der Waals surface area contributed by atoms with Crippen LogP contribution in [0.5, 0.6) is 0 Å². The van der Waals surface area contributed by atoms with Crippen LogP contribution in [0.3, 0.4) is 0 Å². The van der Waals surface area contributed by atoms with Gasteiger partial charge in [-0.1, -0.05) is 0 Å². The predicted octanol–water partition coefficient (Wildman–Crippen LogP) is 1.33. The highest BCUT2D eigenvalue weighted by Gasteiger charge is 2.22. The molecule has 0 bridgehead atoms. The van der Waals surface area contributed by atoms with Crippen LogP contribution in [0.2, 0.25) is 0 Å². The number of rotatable bonds is 2. The van der Waals surface area contributed by atoms with Gasteiger partial charge in [-0.2, -0.15) is 0 Å². The SMILES string of the molecule is Cn1cc(N)c2c(=O)n(CC3CC3)ccc21. The van der Waals surface area contributed by atoms with Gasteiger partial charge in [-0.3, -0.25) is 4.79 Å². The lowest BCUT2D eigenvalue weighted by molar-refractivity contribution is 0.610. The average molecular weight is 217 g/mol. The van der Waals surface area contributed by atoms with E-state index in [1.54, 1.807) is 10.8 Å². The third kappa shape index (κ3) is 1.33. The zero-order chi connectivity index (χ0) is 11.3. The van der Waals surface area contributed by atoms with E-state index in [-0.39, 0.29) is 5.56 Å². The van der Waals surface area contributed by atoms with Crippen molar-refractivity contribution in [1.29, 1.82) is 0 Å². The highest BCUT2D eigenvalue weighted by Crippen LogP contribution is 2.30. The Morgan fingerprint density at radius 2 is 2.25 bits per heavy atom. The van der Waals surface area contributed by atoms with Crippen molar-refractivity contribution in [3.63, 3.8) is 0 Å². The molecule has 0 unspecified atom stereocenters. The summed E-state index contributed by atoms with van der Waals surface area (Å²) < 4.78 is 3.68. The second-order valence-corrected chi connectivity index (χ2v) is 4.67. The third-order valence-corrected chi connectivity index (χ3v) is 3.30. The van der Waals surface area contributed by atoms with Crippen molar-refractivity contribution in [3.05, 3.63) is 28.8 Å². The smallest absolute Gasteiger partial charge is 0.262 e. The fourth-order valence-electron chi connectivity index (χ4n) is 2.20. The summed E-state index contributed by atoms with van der Waals surface area (Å²) in [6, 6.07) is 1.97. The molecule has 1 fully saturated rings. The first-order valence-corrected chi connectivity index (χ1v) is 5.61. The number of anilines is 1. The maximum absolute atomic E-state index is 12.2. The maximum Gasteiger partial charge on any atom is 0.262 e. The molecule has 2 aromatic heterocycles. The second-order valence-electron chi connectivity index (χ2n) is 4.67. The maximum atomic E-state index is 12.2. The molecule has 1 aliphatic carbocycles. The molecule has 0 spiro atoms. The molecule has 1 aliphatic rings. The molecule has 0 atom stereocenters. The van der Waals surface area contributed by atoms with E-state index in [0.717, 1.165) is 12.1 Å². The van der Waals surface area contributed by atoms with Gasteiger partial charge < -0.3 is 14.9 Å². The number of nitrogens with zero attached hydrogens (tertiary/aromatic N) is 2. The Hall–Kier alpha value is -1.71. The summed E-state index contributed by atoms with van der Waals surface area (Å²) in [7, 11) is 1.91. The zero-order valence-corrected chi connectivity index (χ0v) is 9.31. The van der Waals surface area contributed by atoms with Gasteiger partial charge in [-0.05, 0) is 24.8 Å². The van der Waals surface area contributed by atoms with Gasteiger partial charge in [0.1, 0.15) is 0 Å². The van der Waals surface area contributed by atoms with Crippen LogP contribution in [-0.4, -0.2) is 9.13 Å². The largest absolute Gasteiger partial charge is 0.397 e. The fraction of sp³-hybridized carbons (Fsp3) is 0.417. The van der Waals surface area contributed by atoms with E-state index in [1.165, 1.54) is 12.8 Å². The van der Waals surface area contributed by atoms with Crippen LogP contribution in [0.25, 0.3) is 10.9 Å². The van der Waals surface area contributed by atoms with Crippen molar-refractivity contribution in [2.45, 2.75) is 19.4 Å². The van der Waals surface area contributed by atoms with Gasteiger partial charge in [0, 0.05) is 26.0 Å². The molecule has 84 valence electrons. The molecule has 16 heavy (non-hydrogen) atoms. The molecule has 1 saturated carbocycles. The van der Waals surface area contributed by atoms with Gasteiger partial charge >= 0.3 is 0 Å². The zero-order valence-electron chi connectivity index (χ0n) is 9.31. The van der Waals surface area contributed by atoms with Gasteiger partial charge in [0.05, 0.1) is 16.6 Å². The number of fused-ring (bicyclic) bond motifs is 1. The molecule has 2 aromatic rings. The van der Waals surface area contributed by atoms with Crippen LogP contribution in [0, 0.1) is 5.92 Å². The third-order valence-electron chi connectivity index (χ3n) is 3.30. The van der Waals surface area contributed by atoms with Crippen molar-refractivity contribution in [3.8, 4) is 0 Å². The number of pyridine rings is 1. The van der Waals surface area contributed by atoms with E-state index < -0.39 is 0 Å². The molecule has 2 heterocycles. The summed E-state index contributed by atoms with van der Waals surface area (Å²) in [6.45, 7) is 0.836. The summed E-state index contributed by atoms with van der Waals surface area (Å²) in [4.78, 5) is 12.2. The molecule has 0 radical (unpaired) electrons. The summed E-state index contributed by atoms with van der Waals surface area (Å²) >= 11 is 0. The summed E-state index contributed by atoms with van der Waals surface area (Å²) in [6.07, 6.45) is 6.17. The Morgan fingerprint density at radius 3 is 2.94 bits per heavy atom. The minimum atomic E-state index is 0.0440. The summed E-state index contributed by atoms with van der Waals surface area (Å²) in [5.41, 5.74) is 7.39. The van der Waals surface area contributed by atoms with Crippen LogP contribution >= 0.6 is 0 Å². The first-order chi connectivity index (χ1) is 7.66. The highest BCUT2D eigenvalue weighted by molar-refractivity contribution is 5.90. The van der Waals surface area contributed by atoms with Crippen molar-refractivity contribution in [2.75, 3.05) is 5.73 Å². The molecule has 4 heteroatoms.